The summed E-state index contributed by atoms with van der Waals surface area (Å²) < 4.78 is 5.93. The molecule has 2 N–H and O–H groups in total. The second-order valence-corrected chi connectivity index (χ2v) is 8.34. The molecule has 2 aromatic rings. The number of ether oxygens (including phenoxy) is 1. The van der Waals surface area contributed by atoms with E-state index >= 15 is 0 Å². The van der Waals surface area contributed by atoms with Gasteiger partial charge in [-0.1, -0.05) is 42.4 Å². The summed E-state index contributed by atoms with van der Waals surface area (Å²) in [6.07, 6.45) is 2.76. The molecule has 1 amide bonds. The van der Waals surface area contributed by atoms with E-state index in [0.717, 1.165) is 17.7 Å². The molecule has 144 valence electrons. The molecule has 0 aliphatic carbocycles. The average Bonchev–Trinajstić information content (AvgIpc) is 3.00. The van der Waals surface area contributed by atoms with Gasteiger partial charge in [-0.2, -0.15) is 5.26 Å². The number of halogens is 2. The van der Waals surface area contributed by atoms with Crippen LogP contribution in [-0.2, 0) is 11.2 Å². The fraction of sp³-hybridized carbons (Fsp3) is 0.200. The highest BCUT2D eigenvalue weighted by molar-refractivity contribution is 9.10. The van der Waals surface area contributed by atoms with E-state index < -0.39 is 0 Å². The molecule has 0 bridgehead atoms. The Balaban J connectivity index is 1.72. The first-order chi connectivity index (χ1) is 13.5. The number of carbonyl (C=O) groups is 1. The van der Waals surface area contributed by atoms with Crippen LogP contribution in [0.3, 0.4) is 0 Å². The number of rotatable bonds is 6. The second kappa shape index (κ2) is 9.37. The highest BCUT2D eigenvalue weighted by atomic mass is 79.9. The minimum atomic E-state index is -0.247. The standard InChI is InChI=1S/C20H17BrClN3O2S/c1-2-12-3-5-14(6-4-12)24-20-25-19(26)17(28-20)11-13-9-15(21)18(16(22)10-13)27-8-7-23/h3-6,9-11,20,24H,2,8H2,1H3,(H,25,26)/b17-11-/t20-/m1/s1. The Morgan fingerprint density at radius 1 is 1.39 bits per heavy atom. The smallest absolute Gasteiger partial charge is 0.260 e. The average molecular weight is 479 g/mol. The van der Waals surface area contributed by atoms with Crippen molar-refractivity contribution in [2.24, 2.45) is 0 Å². The highest BCUT2D eigenvalue weighted by Gasteiger charge is 2.27. The van der Waals surface area contributed by atoms with Gasteiger partial charge in [0.2, 0.25) is 0 Å². The number of nitriles is 1. The number of hydrogen-bond donors (Lipinski definition) is 2. The van der Waals surface area contributed by atoms with Gasteiger partial charge in [0.05, 0.1) is 14.4 Å². The zero-order chi connectivity index (χ0) is 20.1. The van der Waals surface area contributed by atoms with E-state index in [-0.39, 0.29) is 18.0 Å². The Bertz CT molecular complexity index is 934. The van der Waals surface area contributed by atoms with Crippen molar-refractivity contribution in [3.8, 4) is 11.8 Å². The van der Waals surface area contributed by atoms with Crippen LogP contribution in [0.5, 0.6) is 5.75 Å². The van der Waals surface area contributed by atoms with Crippen LogP contribution in [0, 0.1) is 11.3 Å². The van der Waals surface area contributed by atoms with Crippen LogP contribution in [0.15, 0.2) is 45.8 Å². The third-order valence-electron chi connectivity index (χ3n) is 3.99. The highest BCUT2D eigenvalue weighted by Crippen LogP contribution is 2.37. The fourth-order valence-corrected chi connectivity index (χ4v) is 4.58. The van der Waals surface area contributed by atoms with Gasteiger partial charge in [-0.25, -0.2) is 0 Å². The molecule has 28 heavy (non-hydrogen) atoms. The quantitative estimate of drug-likeness (QED) is 0.561. The van der Waals surface area contributed by atoms with Crippen LogP contribution in [0.25, 0.3) is 6.08 Å². The Morgan fingerprint density at radius 3 is 2.79 bits per heavy atom. The van der Waals surface area contributed by atoms with Crippen molar-refractivity contribution in [2.75, 3.05) is 11.9 Å². The van der Waals surface area contributed by atoms with Crippen LogP contribution < -0.4 is 15.4 Å². The monoisotopic (exact) mass is 477 g/mol. The van der Waals surface area contributed by atoms with Crippen molar-refractivity contribution in [1.82, 2.24) is 5.32 Å². The van der Waals surface area contributed by atoms with Gasteiger partial charge in [0.1, 0.15) is 6.07 Å². The molecule has 0 saturated carbocycles. The number of benzene rings is 2. The van der Waals surface area contributed by atoms with Crippen LogP contribution in [0.2, 0.25) is 5.02 Å². The summed E-state index contributed by atoms with van der Waals surface area (Å²) in [4.78, 5) is 12.9. The molecule has 1 fully saturated rings. The molecule has 0 spiro atoms. The van der Waals surface area contributed by atoms with Crippen molar-refractivity contribution in [3.63, 3.8) is 0 Å². The topological polar surface area (TPSA) is 74.2 Å². The van der Waals surface area contributed by atoms with Crippen LogP contribution in [0.1, 0.15) is 18.1 Å². The van der Waals surface area contributed by atoms with Crippen LogP contribution >= 0.6 is 39.3 Å². The number of nitrogens with zero attached hydrogens (tertiary/aromatic N) is 1. The normalized spacial score (nSPS) is 17.3. The predicted molar refractivity (Wildman–Crippen MR) is 117 cm³/mol. The van der Waals surface area contributed by atoms with Gasteiger partial charge >= 0.3 is 0 Å². The molecule has 0 radical (unpaired) electrons. The van der Waals surface area contributed by atoms with Crippen molar-refractivity contribution in [1.29, 1.82) is 5.26 Å². The summed E-state index contributed by atoms with van der Waals surface area (Å²) >= 11 is 11.0. The molecular formula is C20H17BrClN3O2S. The Hall–Kier alpha value is -2.14. The third kappa shape index (κ3) is 5.02. The van der Waals surface area contributed by atoms with Gasteiger partial charge in [0.15, 0.2) is 17.9 Å². The Labute approximate surface area is 181 Å². The molecule has 5 nitrogen and oxygen atoms in total. The summed E-state index contributed by atoms with van der Waals surface area (Å²) in [6, 6.07) is 13.5. The molecule has 1 aliphatic heterocycles. The van der Waals surface area contributed by atoms with Gasteiger partial charge in [-0.15, -0.1) is 0 Å². The van der Waals surface area contributed by atoms with Crippen molar-refractivity contribution >= 4 is 57.0 Å². The first-order valence-corrected chi connectivity index (χ1v) is 10.6. The molecule has 3 rings (SSSR count). The minimum Gasteiger partial charge on any atom is -0.476 e. The molecule has 8 heteroatoms. The summed E-state index contributed by atoms with van der Waals surface area (Å²) in [7, 11) is 0. The first-order valence-electron chi connectivity index (χ1n) is 8.53. The van der Waals surface area contributed by atoms with Gasteiger partial charge in [-0.3, -0.25) is 4.79 Å². The Morgan fingerprint density at radius 2 is 2.14 bits per heavy atom. The van der Waals surface area contributed by atoms with Crippen molar-refractivity contribution < 1.29 is 9.53 Å². The van der Waals surface area contributed by atoms with E-state index in [0.29, 0.717) is 20.2 Å². The Kier molecular flexibility index (Phi) is 6.89. The number of thioether (sulfide) groups is 1. The molecule has 2 aromatic carbocycles. The largest absolute Gasteiger partial charge is 0.476 e. The van der Waals surface area contributed by atoms with Crippen LogP contribution in [0.4, 0.5) is 5.69 Å². The second-order valence-electron chi connectivity index (χ2n) is 5.94. The zero-order valence-corrected chi connectivity index (χ0v) is 18.1. The number of nitrogens with one attached hydrogen (secondary N) is 2. The fourth-order valence-electron chi connectivity index (χ4n) is 2.61. The number of amides is 1. The van der Waals surface area contributed by atoms with Gasteiger partial charge in [0, 0.05) is 5.69 Å². The van der Waals surface area contributed by atoms with Crippen LogP contribution in [-0.4, -0.2) is 18.0 Å². The summed E-state index contributed by atoms with van der Waals surface area (Å²) in [5, 5.41) is 15.2. The lowest BCUT2D eigenvalue weighted by molar-refractivity contribution is -0.116. The van der Waals surface area contributed by atoms with Gasteiger partial charge < -0.3 is 15.4 Å². The van der Waals surface area contributed by atoms with E-state index in [9.17, 15) is 4.79 Å². The molecule has 1 heterocycles. The molecule has 1 atom stereocenters. The molecular weight excluding hydrogens is 462 g/mol. The molecule has 1 aliphatic rings. The molecule has 1 saturated heterocycles. The van der Waals surface area contributed by atoms with Crippen molar-refractivity contribution in [2.45, 2.75) is 18.8 Å². The minimum absolute atomic E-state index is 0.0937. The maximum Gasteiger partial charge on any atom is 0.260 e. The SMILES string of the molecule is CCc1ccc(N[C@@H]2NC(=O)/C(=C/c3cc(Cl)c(OCC#N)c(Br)c3)S2)cc1. The number of anilines is 1. The van der Waals surface area contributed by atoms with E-state index in [2.05, 4.69) is 45.6 Å². The molecule has 0 aromatic heterocycles. The van der Waals surface area contributed by atoms with E-state index in [1.165, 1.54) is 17.3 Å². The lowest BCUT2D eigenvalue weighted by Gasteiger charge is -2.13. The lowest BCUT2D eigenvalue weighted by atomic mass is 10.1. The van der Waals surface area contributed by atoms with Gasteiger partial charge in [-0.05, 0) is 63.8 Å². The summed E-state index contributed by atoms with van der Waals surface area (Å²) in [5.41, 5.74) is 2.72. The van der Waals surface area contributed by atoms with Crippen molar-refractivity contribution in [3.05, 3.63) is 61.9 Å². The molecule has 0 unspecified atom stereocenters. The maximum absolute atomic E-state index is 12.3. The van der Waals surface area contributed by atoms with Gasteiger partial charge in [0.25, 0.3) is 5.91 Å². The lowest BCUT2D eigenvalue weighted by Crippen LogP contribution is -2.30. The van der Waals surface area contributed by atoms with E-state index in [1.54, 1.807) is 18.2 Å². The number of carbonyl (C=O) groups excluding carboxylic acids is 1. The predicted octanol–water partition coefficient (Wildman–Crippen LogP) is 5.17. The third-order valence-corrected chi connectivity index (χ3v) is 5.89. The zero-order valence-electron chi connectivity index (χ0n) is 15.0. The van der Waals surface area contributed by atoms with E-state index in [4.69, 9.17) is 21.6 Å². The summed E-state index contributed by atoms with van der Waals surface area (Å²) in [5.74, 6) is 0.258. The number of hydrogen-bond acceptors (Lipinski definition) is 5. The van der Waals surface area contributed by atoms with E-state index in [1.807, 2.05) is 18.2 Å². The summed E-state index contributed by atoms with van der Waals surface area (Å²) in [6.45, 7) is 2.02. The maximum atomic E-state index is 12.3. The number of aryl methyl sites for hydroxylation is 1. The first kappa shape index (κ1) is 20.6.